The molecule has 0 unspecified atom stereocenters. The molecule has 0 amide bonds. The Morgan fingerprint density at radius 3 is 2.85 bits per heavy atom. The molecule has 20 heavy (non-hydrogen) atoms. The lowest BCUT2D eigenvalue weighted by Gasteiger charge is -2.06. The number of fused-ring (bicyclic) bond motifs is 1. The number of benzene rings is 1. The van der Waals surface area contributed by atoms with Crippen molar-refractivity contribution in [2.45, 2.75) is 4.90 Å². The molecule has 2 heterocycles. The molecular weight excluding hydrogens is 298 g/mol. The highest BCUT2D eigenvalue weighted by molar-refractivity contribution is 7.95. The topological polar surface area (TPSA) is 56.3 Å². The molecule has 102 valence electrons. The highest BCUT2D eigenvalue weighted by atomic mass is 35.5. The molecule has 0 saturated heterocycles. The molecule has 0 fully saturated rings. The molecule has 0 bridgehead atoms. The molecule has 3 rings (SSSR count). The van der Waals surface area contributed by atoms with Gasteiger partial charge in [0, 0.05) is 11.2 Å². The van der Waals surface area contributed by atoms with Crippen LogP contribution in [0, 0.1) is 0 Å². The Kier molecular flexibility index (Phi) is 3.23. The quantitative estimate of drug-likeness (QED) is 0.875. The fourth-order valence-electron chi connectivity index (χ4n) is 1.98. The second kappa shape index (κ2) is 4.92. The summed E-state index contributed by atoms with van der Waals surface area (Å²) >= 11 is 5.87. The predicted octanol–water partition coefficient (Wildman–Crippen LogP) is 2.94. The van der Waals surface area contributed by atoms with Gasteiger partial charge in [0.2, 0.25) is 9.84 Å². The second-order valence-corrected chi connectivity index (χ2v) is 6.68. The maximum Gasteiger partial charge on any atom is 0.206 e. The number of nitrogens with zero attached hydrogens (tertiary/aromatic N) is 1. The summed E-state index contributed by atoms with van der Waals surface area (Å²) in [7, 11) is -3.48. The van der Waals surface area contributed by atoms with Crippen LogP contribution in [0.15, 0.2) is 52.5 Å². The third kappa shape index (κ3) is 2.30. The first kappa shape index (κ1) is 13.1. The van der Waals surface area contributed by atoms with Crippen LogP contribution >= 0.6 is 11.6 Å². The second-order valence-electron chi connectivity index (χ2n) is 4.27. The van der Waals surface area contributed by atoms with Crippen molar-refractivity contribution < 1.29 is 13.2 Å². The highest BCUT2D eigenvalue weighted by Gasteiger charge is 2.29. The Hall–Kier alpha value is -1.85. The van der Waals surface area contributed by atoms with Gasteiger partial charge in [0.15, 0.2) is 0 Å². The van der Waals surface area contributed by atoms with Crippen LogP contribution in [0.25, 0.3) is 6.08 Å². The zero-order chi connectivity index (χ0) is 14.2. The van der Waals surface area contributed by atoms with E-state index in [2.05, 4.69) is 4.98 Å². The van der Waals surface area contributed by atoms with Crippen LogP contribution in [0.2, 0.25) is 5.02 Å². The number of aromatic nitrogens is 1. The van der Waals surface area contributed by atoms with Crippen LogP contribution in [0.1, 0.15) is 5.56 Å². The number of ether oxygens (including phenoxy) is 1. The average Bonchev–Trinajstić information content (AvgIpc) is 2.68. The van der Waals surface area contributed by atoms with Crippen LogP contribution in [0.3, 0.4) is 0 Å². The summed E-state index contributed by atoms with van der Waals surface area (Å²) in [6.45, 7) is -0.0275. The van der Waals surface area contributed by atoms with Crippen molar-refractivity contribution in [3.8, 4) is 5.75 Å². The number of sulfone groups is 1. The molecule has 4 nitrogen and oxygen atoms in total. The minimum Gasteiger partial charge on any atom is -0.487 e. The summed E-state index contributed by atoms with van der Waals surface area (Å²) in [6, 6.07) is 8.16. The minimum atomic E-state index is -3.48. The number of pyridine rings is 1. The molecule has 1 aliphatic heterocycles. The summed E-state index contributed by atoms with van der Waals surface area (Å²) in [5.41, 5.74) is 0.599. The third-order valence-corrected chi connectivity index (χ3v) is 5.05. The van der Waals surface area contributed by atoms with Crippen LogP contribution in [0.4, 0.5) is 0 Å². The van der Waals surface area contributed by atoms with Crippen LogP contribution in [-0.2, 0) is 9.84 Å². The van der Waals surface area contributed by atoms with Crippen molar-refractivity contribution in [3.63, 3.8) is 0 Å². The van der Waals surface area contributed by atoms with Gasteiger partial charge >= 0.3 is 0 Å². The van der Waals surface area contributed by atoms with E-state index < -0.39 is 9.84 Å². The van der Waals surface area contributed by atoms with Gasteiger partial charge in [-0.25, -0.2) is 8.42 Å². The molecule has 2 aromatic rings. The first-order chi connectivity index (χ1) is 9.57. The maximum atomic E-state index is 12.3. The van der Waals surface area contributed by atoms with Crippen molar-refractivity contribution in [2.24, 2.45) is 0 Å². The minimum absolute atomic E-state index is 0.0275. The van der Waals surface area contributed by atoms with E-state index in [1.165, 1.54) is 12.3 Å². The zero-order valence-corrected chi connectivity index (χ0v) is 11.9. The Balaban J connectivity index is 1.87. The SMILES string of the molecule is O=S1(=O)C(COc2cccnc2)=Cc2cc(Cl)ccc21. The van der Waals surface area contributed by atoms with Gasteiger partial charge in [-0.15, -0.1) is 0 Å². The first-order valence-corrected chi connectivity index (χ1v) is 7.71. The van der Waals surface area contributed by atoms with E-state index in [1.54, 1.807) is 36.5 Å². The fourth-order valence-corrected chi connectivity index (χ4v) is 3.61. The lowest BCUT2D eigenvalue weighted by atomic mass is 10.2. The zero-order valence-electron chi connectivity index (χ0n) is 10.3. The normalized spacial score (nSPS) is 15.6. The largest absolute Gasteiger partial charge is 0.487 e. The van der Waals surface area contributed by atoms with Crippen molar-refractivity contribution in [2.75, 3.05) is 6.61 Å². The molecule has 1 aromatic heterocycles. The van der Waals surface area contributed by atoms with Gasteiger partial charge in [-0.3, -0.25) is 4.98 Å². The molecule has 0 spiro atoms. The lowest BCUT2D eigenvalue weighted by Crippen LogP contribution is -2.09. The van der Waals surface area contributed by atoms with Crippen LogP contribution in [0.5, 0.6) is 5.75 Å². The van der Waals surface area contributed by atoms with Gasteiger partial charge in [0.05, 0.1) is 16.0 Å². The number of rotatable bonds is 3. The van der Waals surface area contributed by atoms with Gasteiger partial charge < -0.3 is 4.74 Å². The van der Waals surface area contributed by atoms with Crippen LogP contribution < -0.4 is 4.74 Å². The maximum absolute atomic E-state index is 12.3. The molecule has 6 heteroatoms. The van der Waals surface area contributed by atoms with Crippen molar-refractivity contribution >= 4 is 27.5 Å². The Morgan fingerprint density at radius 1 is 1.25 bits per heavy atom. The Bertz CT molecular complexity index is 785. The summed E-state index contributed by atoms with van der Waals surface area (Å²) in [5, 5.41) is 0.504. The molecule has 0 atom stereocenters. The summed E-state index contributed by atoms with van der Waals surface area (Å²) in [4.78, 5) is 4.40. The molecular formula is C14H10ClNO3S. The van der Waals surface area contributed by atoms with Gasteiger partial charge in [-0.1, -0.05) is 11.6 Å². The standard InChI is InChI=1S/C14H10ClNO3S/c15-11-3-4-14-10(6-11)7-13(20(14,17)18)9-19-12-2-1-5-16-8-12/h1-8H,9H2. The number of halogens is 1. The molecule has 1 aromatic carbocycles. The molecule has 1 aliphatic rings. The Labute approximate surface area is 121 Å². The molecule has 0 N–H and O–H groups in total. The summed E-state index contributed by atoms with van der Waals surface area (Å²) in [6.07, 6.45) is 4.75. The van der Waals surface area contributed by atoms with E-state index in [4.69, 9.17) is 16.3 Å². The van der Waals surface area contributed by atoms with E-state index in [1.807, 2.05) is 0 Å². The van der Waals surface area contributed by atoms with E-state index in [9.17, 15) is 8.42 Å². The van der Waals surface area contributed by atoms with Gasteiger partial charge in [0.25, 0.3) is 0 Å². The van der Waals surface area contributed by atoms with Crippen molar-refractivity contribution in [3.05, 3.63) is 58.2 Å². The highest BCUT2D eigenvalue weighted by Crippen LogP contribution is 2.34. The van der Waals surface area contributed by atoms with Gasteiger partial charge in [-0.2, -0.15) is 0 Å². The van der Waals surface area contributed by atoms with E-state index in [0.717, 1.165) is 0 Å². The van der Waals surface area contributed by atoms with E-state index in [0.29, 0.717) is 16.3 Å². The van der Waals surface area contributed by atoms with E-state index in [-0.39, 0.29) is 16.4 Å². The number of hydrogen-bond acceptors (Lipinski definition) is 4. The molecule has 0 radical (unpaired) electrons. The van der Waals surface area contributed by atoms with Crippen molar-refractivity contribution in [1.29, 1.82) is 0 Å². The third-order valence-electron chi connectivity index (χ3n) is 2.94. The van der Waals surface area contributed by atoms with Crippen LogP contribution in [-0.4, -0.2) is 20.0 Å². The van der Waals surface area contributed by atoms with Gasteiger partial charge in [-0.05, 0) is 42.0 Å². The molecule has 0 aliphatic carbocycles. The predicted molar refractivity (Wildman–Crippen MR) is 76.3 cm³/mol. The van der Waals surface area contributed by atoms with Gasteiger partial charge in [0.1, 0.15) is 12.4 Å². The smallest absolute Gasteiger partial charge is 0.206 e. The monoisotopic (exact) mass is 307 g/mol. The fraction of sp³-hybridized carbons (Fsp3) is 0.0714. The number of hydrogen-bond donors (Lipinski definition) is 0. The summed E-state index contributed by atoms with van der Waals surface area (Å²) < 4.78 is 30.1. The van der Waals surface area contributed by atoms with E-state index >= 15 is 0 Å². The summed E-state index contributed by atoms with van der Waals surface area (Å²) in [5.74, 6) is 0.526. The molecule has 0 saturated carbocycles. The average molecular weight is 308 g/mol. The van der Waals surface area contributed by atoms with Crippen molar-refractivity contribution in [1.82, 2.24) is 4.98 Å². The first-order valence-electron chi connectivity index (χ1n) is 5.85. The lowest BCUT2D eigenvalue weighted by molar-refractivity contribution is 0.357. The Morgan fingerprint density at radius 2 is 2.10 bits per heavy atom.